The summed E-state index contributed by atoms with van der Waals surface area (Å²) >= 11 is 2.32. The minimum absolute atomic E-state index is 1.15. The fourth-order valence-electron chi connectivity index (χ4n) is 1.13. The van der Waals surface area contributed by atoms with Crippen LogP contribution in [0.5, 0.6) is 0 Å². The molecule has 0 fully saturated rings. The van der Waals surface area contributed by atoms with E-state index >= 15 is 0 Å². The number of benzene rings is 1. The summed E-state index contributed by atoms with van der Waals surface area (Å²) in [4.78, 5) is 0. The zero-order valence-corrected chi connectivity index (χ0v) is 8.74. The number of hydrogen-bond donors (Lipinski definition) is 0. The van der Waals surface area contributed by atoms with Gasteiger partial charge in [-0.1, -0.05) is 0 Å². The van der Waals surface area contributed by atoms with Gasteiger partial charge in [0.25, 0.3) is 0 Å². The highest BCUT2D eigenvalue weighted by Gasteiger charge is 1.97. The Hall–Kier alpha value is -0.710. The van der Waals surface area contributed by atoms with E-state index in [1.807, 2.05) is 0 Å². The van der Waals surface area contributed by atoms with Crippen molar-refractivity contribution < 1.29 is 0 Å². The monoisotopic (exact) mass is 270 g/mol. The van der Waals surface area contributed by atoms with Crippen molar-refractivity contribution in [3.63, 3.8) is 0 Å². The van der Waals surface area contributed by atoms with Gasteiger partial charge >= 0.3 is 0 Å². The number of hydrogen-bond acceptors (Lipinski definition) is 2. The summed E-state index contributed by atoms with van der Waals surface area (Å²) in [5, 5.41) is 9.97. The van der Waals surface area contributed by atoms with Crippen molar-refractivity contribution >= 4 is 33.4 Å². The average Bonchev–Trinajstić information content (AvgIpc) is 2.07. The van der Waals surface area contributed by atoms with Crippen LogP contribution in [0.25, 0.3) is 10.8 Å². The molecule has 0 saturated heterocycles. The first kappa shape index (κ1) is 7.91. The molecule has 2 aromatic rings. The van der Waals surface area contributed by atoms with Crippen molar-refractivity contribution in [1.29, 1.82) is 0 Å². The predicted molar refractivity (Wildman–Crippen MR) is 57.0 cm³/mol. The molecule has 1 aromatic heterocycles. The van der Waals surface area contributed by atoms with Crippen molar-refractivity contribution in [2.24, 2.45) is 0 Å². The third kappa shape index (κ3) is 1.29. The summed E-state index contributed by atoms with van der Waals surface area (Å²) in [6.45, 7) is 2.10. The number of rotatable bonds is 0. The number of halogens is 1. The Labute approximate surface area is 84.1 Å². The zero-order valence-electron chi connectivity index (χ0n) is 6.58. The maximum atomic E-state index is 3.83. The Kier molecular flexibility index (Phi) is 1.96. The first-order chi connectivity index (χ1) is 5.77. The second-order valence-corrected chi connectivity index (χ2v) is 3.88. The Bertz CT molecular complexity index is 385. The zero-order chi connectivity index (χ0) is 8.55. The summed E-state index contributed by atoms with van der Waals surface area (Å²) in [6.07, 6.45) is 3.58. The molecule has 1 aromatic carbocycles. The van der Waals surface area contributed by atoms with Gasteiger partial charge in [-0.25, -0.2) is 0 Å². The molecule has 2 rings (SSSR count). The molecular formula is C9H7IN2. The van der Waals surface area contributed by atoms with Crippen LogP contribution < -0.4 is 0 Å². The minimum atomic E-state index is 1.15. The normalized spacial score (nSPS) is 10.5. The topological polar surface area (TPSA) is 25.8 Å². The van der Waals surface area contributed by atoms with Crippen molar-refractivity contribution in [1.82, 2.24) is 10.2 Å². The van der Waals surface area contributed by atoms with Crippen molar-refractivity contribution in [2.75, 3.05) is 0 Å². The van der Waals surface area contributed by atoms with E-state index in [9.17, 15) is 0 Å². The van der Waals surface area contributed by atoms with Crippen LogP contribution in [-0.4, -0.2) is 10.2 Å². The molecule has 0 spiro atoms. The highest BCUT2D eigenvalue weighted by molar-refractivity contribution is 14.1. The number of nitrogens with zero attached hydrogens (tertiary/aromatic N) is 2. The number of fused-ring (bicyclic) bond motifs is 1. The van der Waals surface area contributed by atoms with E-state index < -0.39 is 0 Å². The van der Waals surface area contributed by atoms with Gasteiger partial charge in [0.2, 0.25) is 0 Å². The molecule has 0 aliphatic rings. The summed E-state index contributed by atoms with van der Waals surface area (Å²) in [5.41, 5.74) is 1.29. The molecule has 0 unspecified atom stereocenters. The summed E-state index contributed by atoms with van der Waals surface area (Å²) in [7, 11) is 0. The molecule has 0 radical (unpaired) electrons. The Morgan fingerprint density at radius 1 is 1.08 bits per heavy atom. The van der Waals surface area contributed by atoms with Gasteiger partial charge in [-0.2, -0.15) is 10.2 Å². The molecule has 0 aliphatic heterocycles. The van der Waals surface area contributed by atoms with E-state index in [4.69, 9.17) is 0 Å². The Balaban J connectivity index is 2.84. The standard InChI is InChI=1S/C9H7IN2/c1-6-2-7-4-11-12-5-8(7)3-9(6)10/h2-5H,1H3. The van der Waals surface area contributed by atoms with Gasteiger partial charge in [0.1, 0.15) is 0 Å². The van der Waals surface area contributed by atoms with E-state index in [1.165, 1.54) is 9.13 Å². The first-order valence-corrected chi connectivity index (χ1v) is 4.72. The quantitative estimate of drug-likeness (QED) is 0.687. The SMILES string of the molecule is Cc1cc2cnncc2cc1I. The van der Waals surface area contributed by atoms with Gasteiger partial charge in [-0.05, 0) is 47.2 Å². The predicted octanol–water partition coefficient (Wildman–Crippen LogP) is 2.54. The molecule has 0 N–H and O–H groups in total. The van der Waals surface area contributed by atoms with Gasteiger partial charge in [0, 0.05) is 14.3 Å². The van der Waals surface area contributed by atoms with Gasteiger partial charge in [0.15, 0.2) is 0 Å². The number of aromatic nitrogens is 2. The molecule has 0 aliphatic carbocycles. The molecule has 1 heterocycles. The molecule has 2 nitrogen and oxygen atoms in total. The van der Waals surface area contributed by atoms with E-state index in [0.717, 1.165) is 10.8 Å². The fourth-order valence-corrected chi connectivity index (χ4v) is 1.63. The van der Waals surface area contributed by atoms with Crippen LogP contribution in [0.2, 0.25) is 0 Å². The van der Waals surface area contributed by atoms with Crippen molar-refractivity contribution in [2.45, 2.75) is 6.92 Å². The number of aryl methyl sites for hydroxylation is 1. The molecule has 3 heteroatoms. The molecule has 60 valence electrons. The molecule has 0 atom stereocenters. The lowest BCUT2D eigenvalue weighted by atomic mass is 10.1. The molecule has 0 saturated carbocycles. The highest BCUT2D eigenvalue weighted by Crippen LogP contribution is 2.19. The van der Waals surface area contributed by atoms with Crippen LogP contribution in [0.4, 0.5) is 0 Å². The molecule has 12 heavy (non-hydrogen) atoms. The van der Waals surface area contributed by atoms with Gasteiger partial charge < -0.3 is 0 Å². The summed E-state index contributed by atoms with van der Waals surface area (Å²) < 4.78 is 1.27. The lowest BCUT2D eigenvalue weighted by Gasteiger charge is -2.00. The molecule has 0 amide bonds. The third-order valence-corrected chi connectivity index (χ3v) is 2.99. The Morgan fingerprint density at radius 3 is 2.33 bits per heavy atom. The van der Waals surface area contributed by atoms with Gasteiger partial charge in [0.05, 0.1) is 12.4 Å². The highest BCUT2D eigenvalue weighted by atomic mass is 127. The first-order valence-electron chi connectivity index (χ1n) is 3.64. The van der Waals surface area contributed by atoms with Crippen molar-refractivity contribution in [3.8, 4) is 0 Å². The largest absolute Gasteiger partial charge is 0.158 e. The van der Waals surface area contributed by atoms with E-state index in [0.29, 0.717) is 0 Å². The van der Waals surface area contributed by atoms with Crippen LogP contribution >= 0.6 is 22.6 Å². The smallest absolute Gasteiger partial charge is 0.0575 e. The fraction of sp³-hybridized carbons (Fsp3) is 0.111. The second kappa shape index (κ2) is 2.97. The lowest BCUT2D eigenvalue weighted by Crippen LogP contribution is -1.84. The average molecular weight is 270 g/mol. The molecule has 0 bridgehead atoms. The van der Waals surface area contributed by atoms with E-state index in [2.05, 4.69) is 51.8 Å². The van der Waals surface area contributed by atoms with E-state index in [1.54, 1.807) is 12.4 Å². The maximum absolute atomic E-state index is 3.83. The van der Waals surface area contributed by atoms with Crippen LogP contribution in [0.3, 0.4) is 0 Å². The molecular weight excluding hydrogens is 263 g/mol. The summed E-state index contributed by atoms with van der Waals surface area (Å²) in [6, 6.07) is 4.26. The third-order valence-electron chi connectivity index (χ3n) is 1.82. The van der Waals surface area contributed by atoms with Crippen LogP contribution in [0.1, 0.15) is 5.56 Å². The van der Waals surface area contributed by atoms with Crippen LogP contribution in [0.15, 0.2) is 24.5 Å². The second-order valence-electron chi connectivity index (χ2n) is 2.72. The lowest BCUT2D eigenvalue weighted by molar-refractivity contribution is 1.05. The van der Waals surface area contributed by atoms with Gasteiger partial charge in [-0.3, -0.25) is 0 Å². The summed E-state index contributed by atoms with van der Waals surface area (Å²) in [5.74, 6) is 0. The minimum Gasteiger partial charge on any atom is -0.158 e. The van der Waals surface area contributed by atoms with E-state index in [-0.39, 0.29) is 0 Å². The van der Waals surface area contributed by atoms with Crippen LogP contribution in [-0.2, 0) is 0 Å². The van der Waals surface area contributed by atoms with Gasteiger partial charge in [-0.15, -0.1) is 0 Å². The van der Waals surface area contributed by atoms with Crippen molar-refractivity contribution in [3.05, 3.63) is 33.7 Å². The Morgan fingerprint density at radius 2 is 1.67 bits per heavy atom. The van der Waals surface area contributed by atoms with Crippen LogP contribution in [0, 0.1) is 10.5 Å². The maximum Gasteiger partial charge on any atom is 0.0575 e.